The third kappa shape index (κ3) is 3.67. The molecule has 0 saturated heterocycles. The van der Waals surface area contributed by atoms with Gasteiger partial charge in [-0.15, -0.1) is 0 Å². The zero-order chi connectivity index (χ0) is 15.3. The molecule has 1 aromatic rings. The monoisotopic (exact) mass is 285 g/mol. The average Bonchev–Trinajstić information content (AvgIpc) is 2.38. The minimum Gasteiger partial charge on any atom is -0.490 e. The van der Waals surface area contributed by atoms with Crippen molar-refractivity contribution in [1.82, 2.24) is 5.32 Å². The van der Waals surface area contributed by atoms with Crippen molar-refractivity contribution in [2.75, 3.05) is 13.2 Å². The van der Waals surface area contributed by atoms with E-state index in [-0.39, 0.29) is 17.9 Å². The number of carboxylic acids is 1. The second kappa shape index (κ2) is 6.33. The van der Waals surface area contributed by atoms with Gasteiger partial charge in [0.2, 0.25) is 0 Å². The number of carboxylic acid groups (broad SMARTS) is 1. The summed E-state index contributed by atoms with van der Waals surface area (Å²) >= 11 is 0. The molecule has 0 aliphatic rings. The van der Waals surface area contributed by atoms with E-state index in [1.807, 2.05) is 0 Å². The first-order valence-corrected chi connectivity index (χ1v) is 5.95. The van der Waals surface area contributed by atoms with Crippen molar-refractivity contribution in [1.29, 1.82) is 0 Å². The number of nitrogens with one attached hydrogen (secondary N) is 1. The van der Waals surface area contributed by atoms with Gasteiger partial charge in [0, 0.05) is 0 Å². The molecule has 3 N–H and O–H groups in total. The number of hydrogen-bond acceptors (Lipinski definition) is 4. The van der Waals surface area contributed by atoms with Crippen molar-refractivity contribution in [3.63, 3.8) is 0 Å². The van der Waals surface area contributed by atoms with Gasteiger partial charge in [0.05, 0.1) is 18.7 Å². The third-order valence-electron chi connectivity index (χ3n) is 2.55. The molecule has 6 nitrogen and oxygen atoms in total. The smallest absolute Gasteiger partial charge is 0.337 e. The first-order chi connectivity index (χ1) is 9.29. The van der Waals surface area contributed by atoms with Gasteiger partial charge in [-0.3, -0.25) is 4.79 Å². The summed E-state index contributed by atoms with van der Waals surface area (Å²) < 4.78 is 18.6. The predicted octanol–water partition coefficient (Wildman–Crippen LogP) is 0.790. The lowest BCUT2D eigenvalue weighted by molar-refractivity contribution is -0.155. The van der Waals surface area contributed by atoms with E-state index in [2.05, 4.69) is 5.32 Å². The van der Waals surface area contributed by atoms with Crippen molar-refractivity contribution < 1.29 is 28.9 Å². The van der Waals surface area contributed by atoms with Gasteiger partial charge in [-0.05, 0) is 26.0 Å². The van der Waals surface area contributed by atoms with Crippen LogP contribution in [-0.4, -0.2) is 40.8 Å². The molecule has 1 rings (SSSR count). The lowest BCUT2D eigenvalue weighted by Crippen LogP contribution is -2.46. The first-order valence-electron chi connectivity index (χ1n) is 5.95. The summed E-state index contributed by atoms with van der Waals surface area (Å²) in [7, 11) is 0. The van der Waals surface area contributed by atoms with Crippen LogP contribution in [0.25, 0.3) is 0 Å². The molecule has 1 amide bonds. The van der Waals surface area contributed by atoms with E-state index in [0.29, 0.717) is 0 Å². The van der Waals surface area contributed by atoms with Crippen LogP contribution >= 0.6 is 0 Å². The second-order valence-corrected chi connectivity index (χ2v) is 4.31. The molecule has 110 valence electrons. The highest BCUT2D eigenvalue weighted by Gasteiger charge is 2.30. The highest BCUT2D eigenvalue weighted by molar-refractivity contribution is 5.97. The SMILES string of the molecule is CCOc1c(F)cccc1C(=O)NCC(C)(O)C(=O)O. The number of amides is 1. The predicted molar refractivity (Wildman–Crippen MR) is 68.2 cm³/mol. The van der Waals surface area contributed by atoms with Gasteiger partial charge >= 0.3 is 5.97 Å². The van der Waals surface area contributed by atoms with E-state index < -0.39 is 29.8 Å². The number of hydrogen-bond donors (Lipinski definition) is 3. The first kappa shape index (κ1) is 15.9. The number of para-hydroxylation sites is 1. The standard InChI is InChI=1S/C13H16FNO5/c1-3-20-10-8(5-4-6-9(10)14)11(16)15-7-13(2,19)12(17)18/h4-6,19H,3,7H2,1-2H3,(H,15,16)(H,17,18). The molecule has 20 heavy (non-hydrogen) atoms. The average molecular weight is 285 g/mol. The summed E-state index contributed by atoms with van der Waals surface area (Å²) in [5.74, 6) is -3.09. The quantitative estimate of drug-likeness (QED) is 0.718. The van der Waals surface area contributed by atoms with E-state index >= 15 is 0 Å². The number of carbonyl (C=O) groups is 2. The number of halogens is 1. The summed E-state index contributed by atoms with van der Waals surface area (Å²) in [5.41, 5.74) is -2.16. The Balaban J connectivity index is 2.88. The molecule has 7 heteroatoms. The largest absolute Gasteiger partial charge is 0.490 e. The molecular weight excluding hydrogens is 269 g/mol. The molecule has 0 saturated carbocycles. The van der Waals surface area contributed by atoms with Crippen LogP contribution in [0, 0.1) is 5.82 Å². The maximum absolute atomic E-state index is 13.6. The number of aliphatic hydroxyl groups is 1. The van der Waals surface area contributed by atoms with Crippen molar-refractivity contribution >= 4 is 11.9 Å². The van der Waals surface area contributed by atoms with Crippen LogP contribution in [0.3, 0.4) is 0 Å². The van der Waals surface area contributed by atoms with Crippen molar-refractivity contribution in [2.45, 2.75) is 19.4 Å². The van der Waals surface area contributed by atoms with Gasteiger partial charge in [0.1, 0.15) is 0 Å². The topological polar surface area (TPSA) is 95.9 Å². The normalized spacial score (nSPS) is 13.4. The molecule has 0 aliphatic heterocycles. The molecule has 0 aromatic heterocycles. The Morgan fingerprint density at radius 2 is 2.10 bits per heavy atom. The van der Waals surface area contributed by atoms with Crippen LogP contribution in [-0.2, 0) is 4.79 Å². The molecular formula is C13H16FNO5. The van der Waals surface area contributed by atoms with Gasteiger partial charge in [-0.25, -0.2) is 9.18 Å². The Hall–Kier alpha value is -2.15. The lowest BCUT2D eigenvalue weighted by Gasteiger charge is -2.19. The van der Waals surface area contributed by atoms with Gasteiger partial charge in [-0.1, -0.05) is 6.07 Å². The Kier molecular flexibility index (Phi) is 5.04. The summed E-state index contributed by atoms with van der Waals surface area (Å²) in [6.45, 7) is 2.35. The van der Waals surface area contributed by atoms with Gasteiger partial charge in [-0.2, -0.15) is 0 Å². The maximum Gasteiger partial charge on any atom is 0.337 e. The highest BCUT2D eigenvalue weighted by Crippen LogP contribution is 2.22. The third-order valence-corrected chi connectivity index (χ3v) is 2.55. The van der Waals surface area contributed by atoms with E-state index in [1.165, 1.54) is 12.1 Å². The zero-order valence-electron chi connectivity index (χ0n) is 11.1. The molecule has 1 unspecified atom stereocenters. The Morgan fingerprint density at radius 1 is 1.45 bits per heavy atom. The maximum atomic E-state index is 13.6. The number of ether oxygens (including phenoxy) is 1. The van der Waals surface area contributed by atoms with Crippen LogP contribution in [0.2, 0.25) is 0 Å². The molecule has 0 spiro atoms. The number of aliphatic carboxylic acids is 1. The van der Waals surface area contributed by atoms with Gasteiger partial charge in [0.25, 0.3) is 5.91 Å². The van der Waals surface area contributed by atoms with Crippen LogP contribution in [0.4, 0.5) is 4.39 Å². The van der Waals surface area contributed by atoms with Crippen LogP contribution in [0.1, 0.15) is 24.2 Å². The minimum atomic E-state index is -2.10. The Labute approximate surface area is 115 Å². The Morgan fingerprint density at radius 3 is 2.65 bits per heavy atom. The van der Waals surface area contributed by atoms with Crippen molar-refractivity contribution in [2.24, 2.45) is 0 Å². The summed E-state index contributed by atoms with van der Waals surface area (Å²) in [5, 5.41) is 20.4. The number of rotatable bonds is 6. The fraction of sp³-hybridized carbons (Fsp3) is 0.385. The van der Waals surface area contributed by atoms with E-state index in [9.17, 15) is 19.1 Å². The molecule has 1 aromatic carbocycles. The summed E-state index contributed by atoms with van der Waals surface area (Å²) in [6.07, 6.45) is 0. The number of carbonyl (C=O) groups excluding carboxylic acids is 1. The van der Waals surface area contributed by atoms with E-state index in [0.717, 1.165) is 13.0 Å². The van der Waals surface area contributed by atoms with Crippen LogP contribution in [0.5, 0.6) is 5.75 Å². The van der Waals surface area contributed by atoms with E-state index in [1.54, 1.807) is 6.92 Å². The van der Waals surface area contributed by atoms with Gasteiger partial charge < -0.3 is 20.3 Å². The fourth-order valence-electron chi connectivity index (χ4n) is 1.40. The molecule has 0 radical (unpaired) electrons. The summed E-state index contributed by atoms with van der Waals surface area (Å²) in [4.78, 5) is 22.6. The number of benzene rings is 1. The van der Waals surface area contributed by atoms with Crippen molar-refractivity contribution in [3.8, 4) is 5.75 Å². The molecule has 0 heterocycles. The van der Waals surface area contributed by atoms with Crippen LogP contribution in [0.15, 0.2) is 18.2 Å². The molecule has 0 fully saturated rings. The van der Waals surface area contributed by atoms with Crippen molar-refractivity contribution in [3.05, 3.63) is 29.6 Å². The highest BCUT2D eigenvalue weighted by atomic mass is 19.1. The fourth-order valence-corrected chi connectivity index (χ4v) is 1.40. The summed E-state index contributed by atoms with van der Waals surface area (Å²) in [6, 6.07) is 3.83. The zero-order valence-corrected chi connectivity index (χ0v) is 11.1. The lowest BCUT2D eigenvalue weighted by atomic mass is 10.1. The Bertz CT molecular complexity index is 515. The van der Waals surface area contributed by atoms with Crippen LogP contribution < -0.4 is 10.1 Å². The molecule has 0 aliphatic carbocycles. The molecule has 1 atom stereocenters. The van der Waals surface area contributed by atoms with E-state index in [4.69, 9.17) is 9.84 Å². The van der Waals surface area contributed by atoms with Gasteiger partial charge in [0.15, 0.2) is 17.2 Å². The molecule has 0 bridgehead atoms. The second-order valence-electron chi connectivity index (χ2n) is 4.31. The minimum absolute atomic E-state index is 0.0620.